The largest absolute Gasteiger partial charge is 0.396 e. The van der Waals surface area contributed by atoms with E-state index >= 15 is 0 Å². The van der Waals surface area contributed by atoms with Gasteiger partial charge in [0.1, 0.15) is 0 Å². The fraction of sp³-hybridized carbons (Fsp3) is 1.00. The van der Waals surface area contributed by atoms with Crippen molar-refractivity contribution in [2.75, 3.05) is 6.61 Å². The Kier molecular flexibility index (Phi) is 50.7. The van der Waals surface area contributed by atoms with Gasteiger partial charge in [0.25, 0.3) is 0 Å². The van der Waals surface area contributed by atoms with E-state index in [1.165, 1.54) is 19.3 Å². The van der Waals surface area contributed by atoms with Crippen LogP contribution in [0.1, 0.15) is 60.3 Å². The number of unbranched alkanes of at least 4 members (excludes halogenated alkanes) is 3. The zero-order valence-corrected chi connectivity index (χ0v) is 8.98. The van der Waals surface area contributed by atoms with Crippen molar-refractivity contribution >= 4 is 0 Å². The SMILES string of the molecule is CC.CC.CCCCCCO. The van der Waals surface area contributed by atoms with Crippen molar-refractivity contribution in [2.45, 2.75) is 60.3 Å². The van der Waals surface area contributed by atoms with Crippen LogP contribution in [0.25, 0.3) is 0 Å². The second kappa shape index (κ2) is 32.5. The van der Waals surface area contributed by atoms with Crippen molar-refractivity contribution in [3.05, 3.63) is 0 Å². The van der Waals surface area contributed by atoms with Crippen molar-refractivity contribution in [1.82, 2.24) is 0 Å². The number of hydrogen-bond donors (Lipinski definition) is 1. The smallest absolute Gasteiger partial charge is 0.0431 e. The van der Waals surface area contributed by atoms with E-state index < -0.39 is 0 Å². The molecule has 1 nitrogen and oxygen atoms in total. The highest BCUT2D eigenvalue weighted by molar-refractivity contribution is 4.35. The summed E-state index contributed by atoms with van der Waals surface area (Å²) in [6.07, 6.45) is 4.68. The van der Waals surface area contributed by atoms with Gasteiger partial charge in [-0.3, -0.25) is 0 Å². The molecule has 0 heterocycles. The summed E-state index contributed by atoms with van der Waals surface area (Å²) in [5.41, 5.74) is 0. The molecule has 0 aromatic carbocycles. The summed E-state index contributed by atoms with van der Waals surface area (Å²) in [7, 11) is 0. The Labute approximate surface area is 72.8 Å². The maximum absolute atomic E-state index is 8.29. The quantitative estimate of drug-likeness (QED) is 0.626. The monoisotopic (exact) mass is 162 g/mol. The Balaban J connectivity index is -0.000000138. The van der Waals surface area contributed by atoms with Crippen LogP contribution in [0.3, 0.4) is 0 Å². The normalized spacial score (nSPS) is 7.09. The molecule has 0 fully saturated rings. The first-order chi connectivity index (χ1) is 5.41. The Hall–Kier alpha value is -0.0400. The Morgan fingerprint density at radius 1 is 0.818 bits per heavy atom. The maximum atomic E-state index is 8.29. The molecule has 0 radical (unpaired) electrons. The Morgan fingerprint density at radius 3 is 1.55 bits per heavy atom. The van der Waals surface area contributed by atoms with Crippen LogP contribution in [0.4, 0.5) is 0 Å². The minimum atomic E-state index is 0.361. The summed E-state index contributed by atoms with van der Waals surface area (Å²) in [6, 6.07) is 0. The third-order valence-corrected chi connectivity index (χ3v) is 1.01. The van der Waals surface area contributed by atoms with Crippen LogP contribution < -0.4 is 0 Å². The number of aliphatic hydroxyl groups excluding tert-OH is 1. The van der Waals surface area contributed by atoms with Crippen molar-refractivity contribution < 1.29 is 5.11 Å². The topological polar surface area (TPSA) is 20.2 Å². The molecule has 0 saturated carbocycles. The molecule has 0 unspecified atom stereocenters. The summed E-state index contributed by atoms with van der Waals surface area (Å²) >= 11 is 0. The van der Waals surface area contributed by atoms with Crippen molar-refractivity contribution in [2.24, 2.45) is 0 Å². The van der Waals surface area contributed by atoms with Gasteiger partial charge in [-0.2, -0.15) is 0 Å². The van der Waals surface area contributed by atoms with Crippen LogP contribution in [0.5, 0.6) is 0 Å². The summed E-state index contributed by atoms with van der Waals surface area (Å²) in [6.45, 7) is 10.5. The predicted molar refractivity (Wildman–Crippen MR) is 53.9 cm³/mol. The average Bonchev–Trinajstić information content (AvgIpc) is 2.13. The van der Waals surface area contributed by atoms with Gasteiger partial charge in [-0.05, 0) is 6.42 Å². The number of rotatable bonds is 4. The molecular formula is C10H26O. The van der Waals surface area contributed by atoms with E-state index in [0.717, 1.165) is 6.42 Å². The van der Waals surface area contributed by atoms with Crippen molar-refractivity contribution in [3.8, 4) is 0 Å². The summed E-state index contributed by atoms with van der Waals surface area (Å²) in [5.74, 6) is 0. The lowest BCUT2D eigenvalue weighted by Gasteiger charge is -1.90. The molecule has 72 valence electrons. The summed E-state index contributed by atoms with van der Waals surface area (Å²) < 4.78 is 0. The minimum Gasteiger partial charge on any atom is -0.396 e. The lowest BCUT2D eigenvalue weighted by Crippen LogP contribution is -1.80. The van der Waals surface area contributed by atoms with Gasteiger partial charge in [0.15, 0.2) is 0 Å². The van der Waals surface area contributed by atoms with Gasteiger partial charge in [0.2, 0.25) is 0 Å². The van der Waals surface area contributed by atoms with Crippen LogP contribution in [0.2, 0.25) is 0 Å². The molecule has 0 saturated heterocycles. The first-order valence-electron chi connectivity index (χ1n) is 5.02. The fourth-order valence-corrected chi connectivity index (χ4v) is 0.539. The van der Waals surface area contributed by atoms with Crippen molar-refractivity contribution in [1.29, 1.82) is 0 Å². The van der Waals surface area contributed by atoms with E-state index in [2.05, 4.69) is 6.92 Å². The second-order valence-electron chi connectivity index (χ2n) is 1.78. The van der Waals surface area contributed by atoms with Gasteiger partial charge < -0.3 is 5.11 Å². The Morgan fingerprint density at radius 2 is 1.27 bits per heavy atom. The maximum Gasteiger partial charge on any atom is 0.0431 e. The molecule has 0 aromatic heterocycles. The minimum absolute atomic E-state index is 0.361. The first kappa shape index (κ1) is 17.2. The van der Waals surface area contributed by atoms with Crippen LogP contribution in [-0.2, 0) is 0 Å². The standard InChI is InChI=1S/C6H14O.2C2H6/c1-2-3-4-5-6-7;2*1-2/h7H,2-6H2,1H3;2*1-2H3. The van der Waals surface area contributed by atoms with E-state index in [0.29, 0.717) is 6.61 Å². The van der Waals surface area contributed by atoms with Crippen LogP contribution >= 0.6 is 0 Å². The molecule has 0 amide bonds. The molecule has 1 N–H and O–H groups in total. The molecule has 0 atom stereocenters. The molecule has 0 spiro atoms. The van der Waals surface area contributed by atoms with Gasteiger partial charge in [0, 0.05) is 6.61 Å². The summed E-state index contributed by atoms with van der Waals surface area (Å²) in [5, 5.41) is 8.29. The van der Waals surface area contributed by atoms with Gasteiger partial charge in [-0.15, -0.1) is 0 Å². The van der Waals surface area contributed by atoms with E-state index in [1.54, 1.807) is 0 Å². The third-order valence-electron chi connectivity index (χ3n) is 1.01. The molecule has 1 heteroatoms. The lowest BCUT2D eigenvalue weighted by molar-refractivity contribution is 0.283. The fourth-order valence-electron chi connectivity index (χ4n) is 0.539. The predicted octanol–water partition coefficient (Wildman–Crippen LogP) is 3.61. The third kappa shape index (κ3) is 40.2. The average molecular weight is 162 g/mol. The molecule has 0 aliphatic heterocycles. The first-order valence-corrected chi connectivity index (χ1v) is 5.02. The van der Waals surface area contributed by atoms with Gasteiger partial charge in [-0.25, -0.2) is 0 Å². The number of aliphatic hydroxyl groups is 1. The van der Waals surface area contributed by atoms with Crippen molar-refractivity contribution in [3.63, 3.8) is 0 Å². The van der Waals surface area contributed by atoms with Crippen LogP contribution in [0.15, 0.2) is 0 Å². The van der Waals surface area contributed by atoms with Gasteiger partial charge in [-0.1, -0.05) is 53.9 Å². The lowest BCUT2D eigenvalue weighted by atomic mass is 10.2. The van der Waals surface area contributed by atoms with Crippen LogP contribution in [-0.4, -0.2) is 11.7 Å². The van der Waals surface area contributed by atoms with Gasteiger partial charge in [0.05, 0.1) is 0 Å². The molecule has 0 rings (SSSR count). The molecular weight excluding hydrogens is 136 g/mol. The molecule has 0 aliphatic carbocycles. The van der Waals surface area contributed by atoms with Crippen LogP contribution in [0, 0.1) is 0 Å². The number of hydrogen-bond acceptors (Lipinski definition) is 1. The van der Waals surface area contributed by atoms with E-state index in [4.69, 9.17) is 5.11 Å². The zero-order chi connectivity index (χ0) is 9.54. The van der Waals surface area contributed by atoms with Gasteiger partial charge >= 0.3 is 0 Å². The van der Waals surface area contributed by atoms with E-state index in [-0.39, 0.29) is 0 Å². The highest BCUT2D eigenvalue weighted by Crippen LogP contribution is 1.95. The zero-order valence-electron chi connectivity index (χ0n) is 8.98. The Bertz CT molecular complexity index is 24.1. The molecule has 11 heavy (non-hydrogen) atoms. The summed E-state index contributed by atoms with van der Waals surface area (Å²) in [4.78, 5) is 0. The second-order valence-corrected chi connectivity index (χ2v) is 1.78. The highest BCUT2D eigenvalue weighted by Gasteiger charge is 1.80. The van der Waals surface area contributed by atoms with E-state index in [1.807, 2.05) is 27.7 Å². The molecule has 0 aromatic rings. The molecule has 0 aliphatic rings. The highest BCUT2D eigenvalue weighted by atomic mass is 16.2. The molecule has 0 bridgehead atoms. The van der Waals surface area contributed by atoms with E-state index in [9.17, 15) is 0 Å².